The summed E-state index contributed by atoms with van der Waals surface area (Å²) in [5, 5.41) is 4.91. The van der Waals surface area contributed by atoms with Crippen LogP contribution < -0.4 is 5.32 Å². The fourth-order valence-electron chi connectivity index (χ4n) is 3.04. The quantitative estimate of drug-likeness (QED) is 0.543. The number of sulfonamides is 1. The molecule has 0 aliphatic carbocycles. The number of carbonyl (C=O) groups is 2. The number of ketones is 1. The van der Waals surface area contributed by atoms with Crippen molar-refractivity contribution in [1.82, 2.24) is 9.29 Å². The lowest BCUT2D eigenvalue weighted by Gasteiger charge is -2.16. The number of rotatable bonds is 7. The number of likely N-dealkylation sites (N-methyl/N-ethyl adjacent to an activating group) is 1. The minimum Gasteiger partial charge on any atom is -0.301 e. The molecule has 0 saturated carbocycles. The minimum absolute atomic E-state index is 0.0131. The van der Waals surface area contributed by atoms with Crippen molar-refractivity contribution in [2.75, 3.05) is 18.9 Å². The summed E-state index contributed by atoms with van der Waals surface area (Å²) < 4.78 is 26.4. The van der Waals surface area contributed by atoms with E-state index >= 15 is 0 Å². The molecule has 162 valence electrons. The van der Waals surface area contributed by atoms with Gasteiger partial charge in [-0.3, -0.25) is 9.59 Å². The van der Waals surface area contributed by atoms with Crippen LogP contribution in [0.25, 0.3) is 11.3 Å². The van der Waals surface area contributed by atoms with Gasteiger partial charge in [0.2, 0.25) is 15.9 Å². The van der Waals surface area contributed by atoms with Gasteiger partial charge in [0.15, 0.2) is 10.9 Å². The third-order valence-electron chi connectivity index (χ3n) is 4.74. The molecule has 31 heavy (non-hydrogen) atoms. The Morgan fingerprint density at radius 1 is 1.10 bits per heavy atom. The first-order chi connectivity index (χ1) is 14.6. The Bertz CT molecular complexity index is 1230. The highest BCUT2D eigenvalue weighted by atomic mass is 32.2. The number of aryl methyl sites for hydroxylation is 2. The molecule has 0 aliphatic heterocycles. The number of hydrogen-bond donors (Lipinski definition) is 1. The Balaban J connectivity index is 1.67. The van der Waals surface area contributed by atoms with Crippen molar-refractivity contribution in [2.24, 2.45) is 0 Å². The summed E-state index contributed by atoms with van der Waals surface area (Å²) in [6.45, 7) is 5.06. The first-order valence-corrected chi connectivity index (χ1v) is 11.8. The molecule has 0 unspecified atom stereocenters. The van der Waals surface area contributed by atoms with E-state index in [0.29, 0.717) is 10.7 Å². The van der Waals surface area contributed by atoms with E-state index in [1.165, 1.54) is 49.6 Å². The molecule has 0 atom stereocenters. The number of hydrogen-bond acceptors (Lipinski definition) is 6. The molecule has 0 bridgehead atoms. The molecule has 0 saturated heterocycles. The van der Waals surface area contributed by atoms with Gasteiger partial charge in [0, 0.05) is 23.6 Å². The smallest absolute Gasteiger partial charge is 0.243 e. The minimum atomic E-state index is -3.87. The third kappa shape index (κ3) is 5.25. The van der Waals surface area contributed by atoms with E-state index in [-0.39, 0.29) is 17.2 Å². The average molecular weight is 458 g/mol. The zero-order chi connectivity index (χ0) is 22.8. The van der Waals surface area contributed by atoms with E-state index in [1.807, 2.05) is 31.4 Å². The second kappa shape index (κ2) is 9.09. The standard InChI is InChI=1S/C22H23N3O4S2/c1-14-5-10-19(15(2)11-14)20-13-30-22(23-20)24-21(27)12-25(4)31(28,29)18-8-6-17(7-9-18)16(3)26/h5-11,13H,12H2,1-4H3,(H,23,24,27). The van der Waals surface area contributed by atoms with Crippen LogP contribution in [0.15, 0.2) is 52.7 Å². The highest BCUT2D eigenvalue weighted by Crippen LogP contribution is 2.28. The molecule has 3 aromatic rings. The van der Waals surface area contributed by atoms with Crippen molar-refractivity contribution in [3.63, 3.8) is 0 Å². The average Bonchev–Trinajstić information content (AvgIpc) is 3.15. The largest absolute Gasteiger partial charge is 0.301 e. The van der Waals surface area contributed by atoms with Crippen LogP contribution in [0.2, 0.25) is 0 Å². The lowest BCUT2D eigenvalue weighted by molar-refractivity contribution is -0.116. The topological polar surface area (TPSA) is 96.4 Å². The lowest BCUT2D eigenvalue weighted by atomic mass is 10.0. The van der Waals surface area contributed by atoms with Crippen molar-refractivity contribution in [2.45, 2.75) is 25.7 Å². The van der Waals surface area contributed by atoms with E-state index in [0.717, 1.165) is 26.7 Å². The lowest BCUT2D eigenvalue weighted by Crippen LogP contribution is -2.34. The molecule has 1 amide bonds. The van der Waals surface area contributed by atoms with Gasteiger partial charge in [-0.1, -0.05) is 35.9 Å². The van der Waals surface area contributed by atoms with Crippen LogP contribution in [-0.2, 0) is 14.8 Å². The molecular weight excluding hydrogens is 434 g/mol. The van der Waals surface area contributed by atoms with Crippen LogP contribution in [0.1, 0.15) is 28.4 Å². The number of thiazole rings is 1. The second-order valence-electron chi connectivity index (χ2n) is 7.25. The Morgan fingerprint density at radius 2 is 1.77 bits per heavy atom. The Labute approximate surface area is 185 Å². The maximum absolute atomic E-state index is 12.7. The Hall–Kier alpha value is -2.88. The van der Waals surface area contributed by atoms with Crippen LogP contribution in [-0.4, -0.2) is 43.0 Å². The monoisotopic (exact) mass is 457 g/mol. The van der Waals surface area contributed by atoms with E-state index in [9.17, 15) is 18.0 Å². The number of benzene rings is 2. The van der Waals surface area contributed by atoms with Gasteiger partial charge in [-0.15, -0.1) is 11.3 Å². The summed E-state index contributed by atoms with van der Waals surface area (Å²) in [4.78, 5) is 28.2. The highest BCUT2D eigenvalue weighted by Gasteiger charge is 2.23. The number of Topliss-reactive ketones (excluding diaryl/α,β-unsaturated/α-hetero) is 1. The highest BCUT2D eigenvalue weighted by molar-refractivity contribution is 7.89. The Morgan fingerprint density at radius 3 is 2.39 bits per heavy atom. The molecular formula is C22H23N3O4S2. The molecule has 0 aliphatic rings. The normalized spacial score (nSPS) is 11.5. The SMILES string of the molecule is CC(=O)c1ccc(S(=O)(=O)N(C)CC(=O)Nc2nc(-c3ccc(C)cc3C)cs2)cc1. The molecule has 2 aromatic carbocycles. The van der Waals surface area contributed by atoms with Gasteiger partial charge in [-0.05, 0) is 38.5 Å². The van der Waals surface area contributed by atoms with Crippen LogP contribution >= 0.6 is 11.3 Å². The third-order valence-corrected chi connectivity index (χ3v) is 7.32. The summed E-state index contributed by atoms with van der Waals surface area (Å²) in [5.41, 5.74) is 4.40. The van der Waals surface area contributed by atoms with E-state index in [4.69, 9.17) is 0 Å². The molecule has 0 fully saturated rings. The maximum atomic E-state index is 12.7. The summed E-state index contributed by atoms with van der Waals surface area (Å²) in [5.74, 6) is -0.645. The number of amides is 1. The maximum Gasteiger partial charge on any atom is 0.243 e. The predicted octanol–water partition coefficient (Wildman–Crippen LogP) is 3.89. The van der Waals surface area contributed by atoms with Crippen LogP contribution in [0, 0.1) is 13.8 Å². The zero-order valence-electron chi connectivity index (χ0n) is 17.7. The van der Waals surface area contributed by atoms with Crippen molar-refractivity contribution >= 4 is 38.2 Å². The van der Waals surface area contributed by atoms with Gasteiger partial charge in [-0.25, -0.2) is 13.4 Å². The fourth-order valence-corrected chi connectivity index (χ4v) is 4.90. The van der Waals surface area contributed by atoms with Gasteiger partial charge in [0.25, 0.3) is 0 Å². The number of aromatic nitrogens is 1. The summed E-state index contributed by atoms with van der Waals surface area (Å²) >= 11 is 1.28. The summed E-state index contributed by atoms with van der Waals surface area (Å²) in [7, 11) is -2.54. The van der Waals surface area contributed by atoms with Gasteiger partial charge in [0.05, 0.1) is 17.1 Å². The second-order valence-corrected chi connectivity index (χ2v) is 10.1. The Kier molecular flexibility index (Phi) is 6.68. The first kappa shape index (κ1) is 22.8. The van der Waals surface area contributed by atoms with Crippen molar-refractivity contribution in [1.29, 1.82) is 0 Å². The van der Waals surface area contributed by atoms with Crippen molar-refractivity contribution in [3.8, 4) is 11.3 Å². The van der Waals surface area contributed by atoms with Crippen LogP contribution in [0.3, 0.4) is 0 Å². The predicted molar refractivity (Wildman–Crippen MR) is 122 cm³/mol. The molecule has 3 rings (SSSR count). The van der Waals surface area contributed by atoms with Gasteiger partial charge in [0.1, 0.15) is 0 Å². The zero-order valence-corrected chi connectivity index (χ0v) is 19.3. The molecule has 0 spiro atoms. The molecule has 9 heteroatoms. The van der Waals surface area contributed by atoms with Gasteiger partial charge in [-0.2, -0.15) is 4.31 Å². The molecule has 1 aromatic heterocycles. The molecule has 0 radical (unpaired) electrons. The van der Waals surface area contributed by atoms with E-state index in [1.54, 1.807) is 0 Å². The first-order valence-electron chi connectivity index (χ1n) is 9.48. The number of anilines is 1. The number of nitrogens with one attached hydrogen (secondary N) is 1. The number of carbonyl (C=O) groups excluding carboxylic acids is 2. The molecule has 7 nitrogen and oxygen atoms in total. The van der Waals surface area contributed by atoms with Crippen LogP contribution in [0.4, 0.5) is 5.13 Å². The van der Waals surface area contributed by atoms with Crippen molar-refractivity contribution in [3.05, 3.63) is 64.5 Å². The van der Waals surface area contributed by atoms with Gasteiger partial charge < -0.3 is 5.32 Å². The molecule has 1 N–H and O–H groups in total. The van der Waals surface area contributed by atoms with Crippen LogP contribution in [0.5, 0.6) is 0 Å². The summed E-state index contributed by atoms with van der Waals surface area (Å²) in [6, 6.07) is 11.7. The van der Waals surface area contributed by atoms with E-state index < -0.39 is 15.9 Å². The molecule has 1 heterocycles. The number of nitrogens with zero attached hydrogens (tertiary/aromatic N) is 2. The van der Waals surface area contributed by atoms with E-state index in [2.05, 4.69) is 16.4 Å². The van der Waals surface area contributed by atoms with Gasteiger partial charge >= 0.3 is 0 Å². The van der Waals surface area contributed by atoms with Crippen molar-refractivity contribution < 1.29 is 18.0 Å². The summed E-state index contributed by atoms with van der Waals surface area (Å²) in [6.07, 6.45) is 0. The fraction of sp³-hybridized carbons (Fsp3) is 0.227.